The summed E-state index contributed by atoms with van der Waals surface area (Å²) >= 11 is 0. The maximum Gasteiger partial charge on any atom is 0.157 e. The van der Waals surface area contributed by atoms with Crippen LogP contribution < -0.4 is 0 Å². The second kappa shape index (κ2) is 4.54. The normalized spacial score (nSPS) is 37.0. The van der Waals surface area contributed by atoms with Gasteiger partial charge >= 0.3 is 0 Å². The molecule has 2 heterocycles. The summed E-state index contributed by atoms with van der Waals surface area (Å²) in [6.45, 7) is 2.08. The van der Waals surface area contributed by atoms with Crippen LogP contribution in [-0.4, -0.2) is 42.9 Å². The Balaban J connectivity index is 1.70. The summed E-state index contributed by atoms with van der Waals surface area (Å²) in [5.74, 6) is 0.516. The first-order chi connectivity index (χ1) is 12.1. The van der Waals surface area contributed by atoms with Crippen molar-refractivity contribution in [2.45, 2.75) is 35.5 Å². The fraction of sp³-hybridized carbons (Fsp3) is 0.429. The minimum absolute atomic E-state index is 0.00301. The van der Waals surface area contributed by atoms with E-state index in [-0.39, 0.29) is 22.6 Å². The van der Waals surface area contributed by atoms with E-state index < -0.39 is 9.84 Å². The Morgan fingerprint density at radius 2 is 1.36 bits per heavy atom. The summed E-state index contributed by atoms with van der Waals surface area (Å²) in [5, 5.41) is -0.270. The third-order valence-electron chi connectivity index (χ3n) is 7.09. The average Bonchev–Trinajstić information content (AvgIpc) is 3.15. The number of nitrogens with zero attached hydrogens (tertiary/aromatic N) is 1. The van der Waals surface area contributed by atoms with Crippen LogP contribution in [0.15, 0.2) is 48.5 Å². The predicted molar refractivity (Wildman–Crippen MR) is 97.7 cm³/mol. The molecule has 2 atom stereocenters. The molecule has 2 aliphatic heterocycles. The molecular weight excluding hydrogens is 330 g/mol. The molecule has 2 unspecified atom stereocenters. The lowest BCUT2D eigenvalue weighted by Gasteiger charge is -2.66. The predicted octanol–water partition coefficient (Wildman–Crippen LogP) is 2.91. The Labute approximate surface area is 148 Å². The molecule has 0 radical (unpaired) electrons. The van der Waals surface area contributed by atoms with E-state index in [1.807, 2.05) is 0 Å². The van der Waals surface area contributed by atoms with Crippen molar-refractivity contribution in [3.05, 3.63) is 70.8 Å². The first-order valence-electron chi connectivity index (χ1n) is 9.29. The van der Waals surface area contributed by atoms with Gasteiger partial charge in [-0.1, -0.05) is 48.5 Å². The fourth-order valence-electron chi connectivity index (χ4n) is 6.35. The Bertz CT molecular complexity index is 945. The molecule has 3 nitrogen and oxygen atoms in total. The van der Waals surface area contributed by atoms with Crippen molar-refractivity contribution in [2.75, 3.05) is 18.8 Å². The van der Waals surface area contributed by atoms with Gasteiger partial charge in [0.25, 0.3) is 0 Å². The number of sulfone groups is 1. The van der Waals surface area contributed by atoms with Crippen molar-refractivity contribution in [2.24, 2.45) is 0 Å². The van der Waals surface area contributed by atoms with Gasteiger partial charge in [0.1, 0.15) is 0 Å². The van der Waals surface area contributed by atoms with Gasteiger partial charge in [-0.3, -0.25) is 4.90 Å². The monoisotopic (exact) mass is 351 g/mol. The van der Waals surface area contributed by atoms with Gasteiger partial charge in [0, 0.05) is 11.8 Å². The van der Waals surface area contributed by atoms with Crippen LogP contribution in [0, 0.1) is 0 Å². The lowest BCUT2D eigenvalue weighted by molar-refractivity contribution is 0.0714. The quantitative estimate of drug-likeness (QED) is 0.793. The standard InChI is InChI=1S/C21H21NO2S/c23-25(24)13-21(22-11-5-6-12-22)19-16-9-3-1-7-14(16)18(20(21)25)15-8-2-4-10-17(15)19/h1-4,7-10,18-20H,5-6,11-13H2. The van der Waals surface area contributed by atoms with Crippen LogP contribution in [0.25, 0.3) is 0 Å². The summed E-state index contributed by atoms with van der Waals surface area (Å²) in [5.41, 5.74) is 5.00. The van der Waals surface area contributed by atoms with Crippen LogP contribution in [0.2, 0.25) is 0 Å². The number of hydrogen-bond donors (Lipinski definition) is 0. The molecule has 0 spiro atoms. The van der Waals surface area contributed by atoms with Crippen molar-refractivity contribution in [1.82, 2.24) is 4.90 Å². The average molecular weight is 351 g/mol. The van der Waals surface area contributed by atoms with Crippen molar-refractivity contribution in [3.8, 4) is 0 Å². The molecule has 5 aliphatic rings. The van der Waals surface area contributed by atoms with Crippen molar-refractivity contribution < 1.29 is 8.42 Å². The van der Waals surface area contributed by atoms with Crippen molar-refractivity contribution in [1.29, 1.82) is 0 Å². The zero-order valence-corrected chi connectivity index (χ0v) is 14.9. The molecule has 2 bridgehead atoms. The van der Waals surface area contributed by atoms with Crippen LogP contribution in [0.3, 0.4) is 0 Å². The third kappa shape index (κ3) is 1.55. The smallest absolute Gasteiger partial charge is 0.157 e. The molecule has 25 heavy (non-hydrogen) atoms. The molecule has 128 valence electrons. The van der Waals surface area contributed by atoms with Crippen LogP contribution in [-0.2, 0) is 9.84 Å². The summed E-state index contributed by atoms with van der Waals surface area (Å²) in [6, 6.07) is 17.1. The minimum Gasteiger partial charge on any atom is -0.294 e. The number of rotatable bonds is 1. The second-order valence-electron chi connectivity index (χ2n) is 8.08. The van der Waals surface area contributed by atoms with E-state index in [1.165, 1.54) is 35.1 Å². The van der Waals surface area contributed by atoms with Crippen LogP contribution >= 0.6 is 0 Å². The van der Waals surface area contributed by atoms with Crippen LogP contribution in [0.1, 0.15) is 46.9 Å². The first kappa shape index (κ1) is 14.5. The highest BCUT2D eigenvalue weighted by Gasteiger charge is 2.73. The van der Waals surface area contributed by atoms with E-state index in [2.05, 4.69) is 53.4 Å². The molecule has 2 aromatic carbocycles. The Hall–Kier alpha value is -1.65. The molecule has 4 heteroatoms. The molecule has 3 aliphatic carbocycles. The maximum absolute atomic E-state index is 13.0. The molecule has 0 aromatic heterocycles. The summed E-state index contributed by atoms with van der Waals surface area (Å²) in [7, 11) is -3.04. The summed E-state index contributed by atoms with van der Waals surface area (Å²) in [6.07, 6.45) is 2.38. The topological polar surface area (TPSA) is 37.4 Å². The maximum atomic E-state index is 13.0. The second-order valence-corrected chi connectivity index (χ2v) is 10.2. The van der Waals surface area contributed by atoms with E-state index in [1.54, 1.807) is 0 Å². The SMILES string of the molecule is O=S1(=O)CC2(N3CCCC3)C3c4ccccc4C(c4ccccc43)C21. The van der Waals surface area contributed by atoms with E-state index in [4.69, 9.17) is 0 Å². The van der Waals surface area contributed by atoms with Crippen LogP contribution in [0.5, 0.6) is 0 Å². The van der Waals surface area contributed by atoms with E-state index in [0.29, 0.717) is 5.75 Å². The van der Waals surface area contributed by atoms with Gasteiger partial charge in [-0.15, -0.1) is 0 Å². The molecule has 7 rings (SSSR count). The molecule has 2 aromatic rings. The lowest BCUT2D eigenvalue weighted by Crippen LogP contribution is -2.78. The first-order valence-corrected chi connectivity index (χ1v) is 11.0. The summed E-state index contributed by atoms with van der Waals surface area (Å²) < 4.78 is 26.0. The zero-order chi connectivity index (χ0) is 16.8. The molecule has 0 amide bonds. The van der Waals surface area contributed by atoms with Gasteiger partial charge in [0.2, 0.25) is 0 Å². The zero-order valence-electron chi connectivity index (χ0n) is 14.1. The molecule has 0 saturated carbocycles. The molecular formula is C21H21NO2S. The third-order valence-corrected chi connectivity index (χ3v) is 9.41. The van der Waals surface area contributed by atoms with Gasteiger partial charge in [-0.05, 0) is 48.2 Å². The van der Waals surface area contributed by atoms with Gasteiger partial charge in [-0.2, -0.15) is 0 Å². The highest BCUT2D eigenvalue weighted by Crippen LogP contribution is 2.65. The van der Waals surface area contributed by atoms with E-state index in [9.17, 15) is 8.42 Å². The Morgan fingerprint density at radius 3 is 1.88 bits per heavy atom. The molecule has 2 saturated heterocycles. The van der Waals surface area contributed by atoms with Gasteiger partial charge in [-0.25, -0.2) is 8.42 Å². The Morgan fingerprint density at radius 1 is 0.840 bits per heavy atom. The lowest BCUT2D eigenvalue weighted by atomic mass is 9.54. The van der Waals surface area contributed by atoms with Crippen molar-refractivity contribution >= 4 is 9.84 Å². The van der Waals surface area contributed by atoms with Gasteiger partial charge < -0.3 is 0 Å². The Kier molecular flexibility index (Phi) is 2.64. The van der Waals surface area contributed by atoms with Gasteiger partial charge in [0.15, 0.2) is 9.84 Å². The van der Waals surface area contributed by atoms with Crippen LogP contribution in [0.4, 0.5) is 0 Å². The highest BCUT2D eigenvalue weighted by molar-refractivity contribution is 7.93. The number of hydrogen-bond acceptors (Lipinski definition) is 3. The number of benzene rings is 2. The summed E-state index contributed by atoms with van der Waals surface area (Å²) in [4.78, 5) is 2.53. The van der Waals surface area contributed by atoms with Gasteiger partial charge in [0.05, 0.1) is 16.5 Å². The minimum atomic E-state index is -3.04. The molecule has 2 fully saturated rings. The fourth-order valence-corrected chi connectivity index (χ4v) is 9.10. The molecule has 0 N–H and O–H groups in total. The van der Waals surface area contributed by atoms with E-state index in [0.717, 1.165) is 13.1 Å². The largest absolute Gasteiger partial charge is 0.294 e. The number of likely N-dealkylation sites (tertiary alicyclic amines) is 1. The highest BCUT2D eigenvalue weighted by atomic mass is 32.2. The van der Waals surface area contributed by atoms with E-state index >= 15 is 0 Å². The van der Waals surface area contributed by atoms with Crippen molar-refractivity contribution in [3.63, 3.8) is 0 Å².